The summed E-state index contributed by atoms with van der Waals surface area (Å²) in [5.74, 6) is 1.91. The van der Waals surface area contributed by atoms with Gasteiger partial charge in [-0.1, -0.05) is 12.6 Å². The molecule has 0 saturated heterocycles. The Morgan fingerprint density at radius 1 is 0.974 bits per heavy atom. The number of nitrogens with zero attached hydrogens (tertiary/aromatic N) is 7. The molecule has 11 heteroatoms. The molecule has 6 aromatic rings. The maximum Gasteiger partial charge on any atom is 0.248 e. The van der Waals surface area contributed by atoms with Crippen molar-refractivity contribution in [3.8, 4) is 22.8 Å². The molecular formula is C28H21N9O2. The van der Waals surface area contributed by atoms with E-state index >= 15 is 0 Å². The molecule has 4 aromatic heterocycles. The average molecular weight is 516 g/mol. The van der Waals surface area contributed by atoms with Crippen LogP contribution in [0.15, 0.2) is 92.4 Å². The van der Waals surface area contributed by atoms with Crippen LogP contribution in [0, 0.1) is 6.92 Å². The third-order valence-electron chi connectivity index (χ3n) is 5.98. The fourth-order valence-corrected chi connectivity index (χ4v) is 4.01. The minimum Gasteiger partial charge on any atom is -0.439 e. The van der Waals surface area contributed by atoms with Crippen LogP contribution in [-0.4, -0.2) is 40.4 Å². The lowest BCUT2D eigenvalue weighted by atomic mass is 10.0. The first-order chi connectivity index (χ1) is 19.1. The van der Waals surface area contributed by atoms with Crippen molar-refractivity contribution in [2.45, 2.75) is 6.92 Å². The van der Waals surface area contributed by atoms with E-state index in [4.69, 9.17) is 4.74 Å². The molecule has 0 saturated carbocycles. The van der Waals surface area contributed by atoms with Crippen molar-refractivity contribution < 1.29 is 9.53 Å². The summed E-state index contributed by atoms with van der Waals surface area (Å²) in [4.78, 5) is 29.0. The number of fused-ring (bicyclic) bond motifs is 2. The quantitative estimate of drug-likeness (QED) is 0.279. The van der Waals surface area contributed by atoms with Crippen LogP contribution in [0.1, 0.15) is 5.56 Å². The molecule has 0 fully saturated rings. The van der Waals surface area contributed by atoms with E-state index < -0.39 is 0 Å². The Labute approximate surface area is 222 Å². The Balaban J connectivity index is 1.24. The van der Waals surface area contributed by atoms with Crippen LogP contribution in [0.4, 0.5) is 17.3 Å². The van der Waals surface area contributed by atoms with Gasteiger partial charge in [-0.25, -0.2) is 19.9 Å². The number of nitrogens with one attached hydrogen (secondary N) is 2. The van der Waals surface area contributed by atoms with E-state index in [0.717, 1.165) is 33.3 Å². The van der Waals surface area contributed by atoms with Crippen LogP contribution in [-0.2, 0) is 4.79 Å². The van der Waals surface area contributed by atoms with Gasteiger partial charge in [0, 0.05) is 28.9 Å². The van der Waals surface area contributed by atoms with E-state index in [9.17, 15) is 4.79 Å². The van der Waals surface area contributed by atoms with Gasteiger partial charge in [-0.2, -0.15) is 0 Å². The zero-order valence-corrected chi connectivity index (χ0v) is 20.7. The van der Waals surface area contributed by atoms with Gasteiger partial charge in [0.15, 0.2) is 5.65 Å². The normalized spacial score (nSPS) is 10.9. The fourth-order valence-electron chi connectivity index (χ4n) is 4.01. The van der Waals surface area contributed by atoms with Crippen molar-refractivity contribution >= 4 is 39.8 Å². The zero-order valence-electron chi connectivity index (χ0n) is 20.7. The van der Waals surface area contributed by atoms with Crippen molar-refractivity contribution in [1.29, 1.82) is 0 Å². The minimum absolute atomic E-state index is 0.311. The molecular weight excluding hydrogens is 494 g/mol. The number of pyridine rings is 1. The van der Waals surface area contributed by atoms with Gasteiger partial charge >= 0.3 is 0 Å². The molecule has 39 heavy (non-hydrogen) atoms. The van der Waals surface area contributed by atoms with Crippen LogP contribution in [0.5, 0.6) is 11.6 Å². The Bertz CT molecular complexity index is 1850. The summed E-state index contributed by atoms with van der Waals surface area (Å²) in [5.41, 5.74) is 5.03. The number of anilines is 3. The lowest BCUT2D eigenvalue weighted by Gasteiger charge is -2.13. The molecule has 2 aromatic carbocycles. The topological polar surface area (TPSA) is 132 Å². The summed E-state index contributed by atoms with van der Waals surface area (Å²) in [5, 5.41) is 14.8. The number of benzene rings is 2. The maximum absolute atomic E-state index is 11.5. The monoisotopic (exact) mass is 515 g/mol. The molecule has 0 bridgehead atoms. The highest BCUT2D eigenvalue weighted by molar-refractivity contribution is 5.98. The average Bonchev–Trinajstić information content (AvgIpc) is 3.43. The first kappa shape index (κ1) is 23.7. The third-order valence-corrected chi connectivity index (χ3v) is 5.98. The predicted octanol–water partition coefficient (Wildman–Crippen LogP) is 5.10. The van der Waals surface area contributed by atoms with Gasteiger partial charge in [-0.05, 0) is 66.6 Å². The van der Waals surface area contributed by atoms with Crippen LogP contribution in [0.3, 0.4) is 0 Å². The molecule has 0 aliphatic rings. The second-order valence-electron chi connectivity index (χ2n) is 8.61. The Hall–Kier alpha value is -5.71. The van der Waals surface area contributed by atoms with Crippen molar-refractivity contribution in [2.75, 3.05) is 10.6 Å². The molecule has 0 unspecified atom stereocenters. The number of amides is 1. The third kappa shape index (κ3) is 4.96. The second-order valence-corrected chi connectivity index (χ2v) is 8.61. The molecule has 2 N–H and O–H groups in total. The zero-order chi connectivity index (χ0) is 26.8. The fraction of sp³-hybridized carbons (Fsp3) is 0.0357. The van der Waals surface area contributed by atoms with E-state index in [1.165, 1.54) is 12.4 Å². The number of aromatic nitrogens is 7. The van der Waals surface area contributed by atoms with Gasteiger partial charge in [0.1, 0.15) is 36.4 Å². The Morgan fingerprint density at radius 3 is 2.69 bits per heavy atom. The highest BCUT2D eigenvalue weighted by Crippen LogP contribution is 2.31. The number of carbonyl (C=O) groups is 1. The van der Waals surface area contributed by atoms with Gasteiger partial charge in [0.2, 0.25) is 11.8 Å². The van der Waals surface area contributed by atoms with Crippen LogP contribution in [0.25, 0.3) is 27.7 Å². The van der Waals surface area contributed by atoms with Crippen molar-refractivity contribution in [3.05, 3.63) is 98.0 Å². The van der Waals surface area contributed by atoms with Crippen molar-refractivity contribution in [1.82, 2.24) is 34.5 Å². The van der Waals surface area contributed by atoms with E-state index in [0.29, 0.717) is 28.9 Å². The molecule has 11 nitrogen and oxygen atoms in total. The summed E-state index contributed by atoms with van der Waals surface area (Å²) >= 11 is 0. The molecule has 190 valence electrons. The lowest BCUT2D eigenvalue weighted by Crippen LogP contribution is -2.08. The predicted molar refractivity (Wildman–Crippen MR) is 147 cm³/mol. The highest BCUT2D eigenvalue weighted by atomic mass is 16.5. The van der Waals surface area contributed by atoms with Gasteiger partial charge in [-0.15, -0.1) is 10.2 Å². The highest BCUT2D eigenvalue weighted by Gasteiger charge is 2.10. The van der Waals surface area contributed by atoms with E-state index in [1.54, 1.807) is 35.4 Å². The number of hydrogen-bond acceptors (Lipinski definition) is 9. The summed E-state index contributed by atoms with van der Waals surface area (Å²) in [6.45, 7) is 5.41. The van der Waals surface area contributed by atoms with E-state index in [1.807, 2.05) is 49.4 Å². The minimum atomic E-state index is -0.311. The number of ether oxygens (including phenoxy) is 1. The molecule has 0 atom stereocenters. The summed E-state index contributed by atoms with van der Waals surface area (Å²) in [7, 11) is 0. The largest absolute Gasteiger partial charge is 0.439 e. The smallest absolute Gasteiger partial charge is 0.248 e. The second kappa shape index (κ2) is 9.98. The Kier molecular flexibility index (Phi) is 6.06. The van der Waals surface area contributed by atoms with E-state index in [2.05, 4.69) is 47.3 Å². The van der Waals surface area contributed by atoms with E-state index in [-0.39, 0.29) is 5.91 Å². The molecule has 0 aliphatic heterocycles. The van der Waals surface area contributed by atoms with Gasteiger partial charge in [0.25, 0.3) is 0 Å². The molecule has 1 amide bonds. The van der Waals surface area contributed by atoms with Gasteiger partial charge in [0.05, 0.1) is 5.52 Å². The number of aryl methyl sites for hydroxylation is 1. The lowest BCUT2D eigenvalue weighted by molar-refractivity contribution is -0.111. The van der Waals surface area contributed by atoms with Crippen molar-refractivity contribution in [2.24, 2.45) is 0 Å². The number of hydrogen-bond donors (Lipinski definition) is 2. The standard InChI is InChI=1S/C28H21N9O2/c1-3-26(38)35-24-9-5-19(13-29-24)18-4-7-22-21(11-18)28(31-14-30-22)34-20-6-8-23(17(2)10-20)39-27-12-25-36-33-16-37(25)15-32-27/h3-16H,1H2,2H3,(H,29,35,38)(H,30,31,34). The molecule has 6 rings (SSSR count). The SMILES string of the molecule is C=CC(=O)Nc1ccc(-c2ccc3ncnc(Nc4ccc(Oc5cc6nncn6cn5)c(C)c4)c3c2)cn1. The Morgan fingerprint density at radius 2 is 1.87 bits per heavy atom. The van der Waals surface area contributed by atoms with Crippen LogP contribution < -0.4 is 15.4 Å². The number of carbonyl (C=O) groups excluding carboxylic acids is 1. The van der Waals surface area contributed by atoms with Gasteiger partial charge < -0.3 is 15.4 Å². The summed E-state index contributed by atoms with van der Waals surface area (Å²) in [6.07, 6.45) is 7.62. The molecule has 0 aliphatic carbocycles. The number of rotatable bonds is 7. The van der Waals surface area contributed by atoms with Gasteiger partial charge in [-0.3, -0.25) is 9.20 Å². The summed E-state index contributed by atoms with van der Waals surface area (Å²) < 4.78 is 7.69. The van der Waals surface area contributed by atoms with Crippen LogP contribution in [0.2, 0.25) is 0 Å². The first-order valence-corrected chi connectivity index (χ1v) is 11.9. The molecule has 4 heterocycles. The maximum atomic E-state index is 11.5. The van der Waals surface area contributed by atoms with Crippen LogP contribution >= 0.6 is 0 Å². The summed E-state index contributed by atoms with van der Waals surface area (Å²) in [6, 6.07) is 17.0. The van der Waals surface area contributed by atoms with Crippen molar-refractivity contribution in [3.63, 3.8) is 0 Å². The molecule has 0 radical (unpaired) electrons. The molecule has 0 spiro atoms. The first-order valence-electron chi connectivity index (χ1n) is 11.9.